The van der Waals surface area contributed by atoms with Crippen molar-refractivity contribution in [1.82, 2.24) is 10.3 Å². The minimum Gasteiger partial charge on any atom is -0.470 e. The summed E-state index contributed by atoms with van der Waals surface area (Å²) in [7, 11) is 0. The zero-order valence-corrected chi connectivity index (χ0v) is 13.6. The molecule has 1 N–H and O–H groups in total. The number of hydrogen-bond acceptors (Lipinski definition) is 6. The van der Waals surface area contributed by atoms with Gasteiger partial charge >= 0.3 is 0 Å². The Balaban J connectivity index is 0.00000176. The molecule has 0 unspecified atom stereocenters. The lowest BCUT2D eigenvalue weighted by Crippen LogP contribution is -2.28. The Labute approximate surface area is 138 Å². The third-order valence-electron chi connectivity index (χ3n) is 3.77. The molecule has 3 rings (SSSR count). The Hall–Kier alpha value is -1.44. The maximum Gasteiger partial charge on any atom is 0.274 e. The molecule has 2 aromatic rings. The van der Waals surface area contributed by atoms with Crippen LogP contribution in [0.1, 0.15) is 19.3 Å². The second-order valence-corrected chi connectivity index (χ2v) is 6.21. The zero-order chi connectivity index (χ0) is 14.7. The largest absolute Gasteiger partial charge is 0.470 e. The average molecular weight is 344 g/mol. The van der Waals surface area contributed by atoms with Gasteiger partial charge in [-0.2, -0.15) is 0 Å². The third-order valence-corrected chi connectivity index (χ3v) is 4.72. The zero-order valence-electron chi connectivity index (χ0n) is 12.0. The van der Waals surface area contributed by atoms with Gasteiger partial charge in [0.05, 0.1) is 21.7 Å². The number of halogens is 1. The molecule has 0 bridgehead atoms. The Bertz CT molecular complexity index is 643. The summed E-state index contributed by atoms with van der Waals surface area (Å²) < 4.78 is 6.63. The number of benzene rings is 1. The first-order valence-electron chi connectivity index (χ1n) is 7.11. The van der Waals surface area contributed by atoms with Crippen LogP contribution < -0.4 is 10.1 Å². The first kappa shape index (κ1) is 16.9. The van der Waals surface area contributed by atoms with Gasteiger partial charge < -0.3 is 10.1 Å². The summed E-state index contributed by atoms with van der Waals surface area (Å²) in [5, 5.41) is 14.7. The minimum atomic E-state index is -0.406. The van der Waals surface area contributed by atoms with Crippen molar-refractivity contribution in [2.24, 2.45) is 5.92 Å². The van der Waals surface area contributed by atoms with E-state index in [1.165, 1.54) is 36.3 Å². The molecule has 2 heterocycles. The number of piperidine rings is 1. The van der Waals surface area contributed by atoms with Crippen LogP contribution in [0.25, 0.3) is 10.2 Å². The molecule has 1 aromatic heterocycles. The fraction of sp³-hybridized carbons (Fsp3) is 0.500. The van der Waals surface area contributed by atoms with Crippen molar-refractivity contribution in [3.8, 4) is 5.19 Å². The van der Waals surface area contributed by atoms with Crippen LogP contribution in [-0.4, -0.2) is 29.6 Å². The number of aromatic nitrogens is 1. The molecule has 22 heavy (non-hydrogen) atoms. The smallest absolute Gasteiger partial charge is 0.274 e. The number of non-ortho nitro benzene ring substituents is 1. The summed E-state index contributed by atoms with van der Waals surface area (Å²) in [5.74, 6) is 0.724. The fourth-order valence-electron chi connectivity index (χ4n) is 2.55. The molecule has 1 saturated heterocycles. The number of fused-ring (bicyclic) bond motifs is 1. The summed E-state index contributed by atoms with van der Waals surface area (Å²) in [6.45, 7) is 2.84. The summed E-state index contributed by atoms with van der Waals surface area (Å²) >= 11 is 1.44. The molecule has 120 valence electrons. The molecule has 0 spiro atoms. The van der Waals surface area contributed by atoms with Crippen molar-refractivity contribution < 1.29 is 9.66 Å². The summed E-state index contributed by atoms with van der Waals surface area (Å²) in [6, 6.07) is 4.72. The lowest BCUT2D eigenvalue weighted by atomic mass is 9.95. The standard InChI is InChI=1S/C14H17N3O3S.ClH/c18-17(19)11-1-2-13-12(9-11)16-14(21-13)20-8-5-10-3-6-15-7-4-10;/h1-2,9-10,15H,3-8H2;1H. The second-order valence-electron chi connectivity index (χ2n) is 5.22. The van der Waals surface area contributed by atoms with E-state index in [4.69, 9.17) is 4.74 Å². The van der Waals surface area contributed by atoms with Gasteiger partial charge in [0.1, 0.15) is 0 Å². The topological polar surface area (TPSA) is 77.3 Å². The number of hydrogen-bond donors (Lipinski definition) is 1. The van der Waals surface area contributed by atoms with E-state index >= 15 is 0 Å². The van der Waals surface area contributed by atoms with E-state index in [-0.39, 0.29) is 18.1 Å². The van der Waals surface area contributed by atoms with Gasteiger partial charge in [-0.3, -0.25) is 10.1 Å². The maximum absolute atomic E-state index is 10.7. The van der Waals surface area contributed by atoms with Gasteiger partial charge in [0.25, 0.3) is 10.9 Å². The Morgan fingerprint density at radius 2 is 2.18 bits per heavy atom. The SMILES string of the molecule is Cl.O=[N+]([O-])c1ccc2sc(OCCC3CCNCC3)nc2c1. The van der Waals surface area contributed by atoms with Crippen LogP contribution in [0.2, 0.25) is 0 Å². The normalized spacial score (nSPS) is 15.5. The van der Waals surface area contributed by atoms with Gasteiger partial charge in [-0.15, -0.1) is 12.4 Å². The van der Waals surface area contributed by atoms with Crippen LogP contribution in [0.15, 0.2) is 18.2 Å². The van der Waals surface area contributed by atoms with Crippen LogP contribution in [0.4, 0.5) is 5.69 Å². The van der Waals surface area contributed by atoms with Crippen molar-refractivity contribution in [2.75, 3.05) is 19.7 Å². The molecule has 8 heteroatoms. The maximum atomic E-state index is 10.7. The summed E-state index contributed by atoms with van der Waals surface area (Å²) in [5.41, 5.74) is 0.695. The third kappa shape index (κ3) is 4.06. The van der Waals surface area contributed by atoms with Gasteiger partial charge in [0, 0.05) is 12.1 Å². The quantitative estimate of drug-likeness (QED) is 0.665. The minimum absolute atomic E-state index is 0. The van der Waals surface area contributed by atoms with Crippen molar-refractivity contribution in [2.45, 2.75) is 19.3 Å². The lowest BCUT2D eigenvalue weighted by Gasteiger charge is -2.21. The van der Waals surface area contributed by atoms with Crippen LogP contribution in [0, 0.1) is 16.0 Å². The first-order valence-corrected chi connectivity index (χ1v) is 7.92. The number of nitrogens with zero attached hydrogens (tertiary/aromatic N) is 2. The number of nitrogens with one attached hydrogen (secondary N) is 1. The van der Waals surface area contributed by atoms with Crippen molar-refractivity contribution in [1.29, 1.82) is 0 Å². The van der Waals surface area contributed by atoms with Crippen LogP contribution in [0.3, 0.4) is 0 Å². The molecule has 0 radical (unpaired) electrons. The van der Waals surface area contributed by atoms with Crippen molar-refractivity contribution in [3.05, 3.63) is 28.3 Å². The highest BCUT2D eigenvalue weighted by Crippen LogP contribution is 2.30. The predicted octanol–water partition coefficient (Wildman–Crippen LogP) is 3.39. The Morgan fingerprint density at radius 3 is 2.91 bits per heavy atom. The highest BCUT2D eigenvalue weighted by atomic mass is 35.5. The van der Waals surface area contributed by atoms with Gasteiger partial charge in [-0.1, -0.05) is 11.3 Å². The van der Waals surface area contributed by atoms with Crippen LogP contribution in [-0.2, 0) is 0 Å². The highest BCUT2D eigenvalue weighted by molar-refractivity contribution is 7.20. The summed E-state index contributed by atoms with van der Waals surface area (Å²) in [6.07, 6.45) is 3.45. The molecule has 1 aromatic carbocycles. The number of nitro groups is 1. The highest BCUT2D eigenvalue weighted by Gasteiger charge is 2.14. The molecule has 1 aliphatic heterocycles. The van der Waals surface area contributed by atoms with E-state index in [0.717, 1.165) is 30.1 Å². The molecular weight excluding hydrogens is 326 g/mol. The van der Waals surface area contributed by atoms with Crippen LogP contribution in [0.5, 0.6) is 5.19 Å². The fourth-order valence-corrected chi connectivity index (χ4v) is 3.37. The van der Waals surface area contributed by atoms with Crippen molar-refractivity contribution >= 4 is 39.6 Å². The Morgan fingerprint density at radius 1 is 1.41 bits per heavy atom. The van der Waals surface area contributed by atoms with E-state index in [1.54, 1.807) is 6.07 Å². The van der Waals surface area contributed by atoms with Crippen LogP contribution >= 0.6 is 23.7 Å². The van der Waals surface area contributed by atoms with Gasteiger partial charge in [0.2, 0.25) is 0 Å². The number of thiazole rings is 1. The van der Waals surface area contributed by atoms with Crippen molar-refractivity contribution in [3.63, 3.8) is 0 Å². The van der Waals surface area contributed by atoms with E-state index in [1.807, 2.05) is 0 Å². The number of rotatable bonds is 5. The van der Waals surface area contributed by atoms with Gasteiger partial charge in [-0.05, 0) is 44.3 Å². The average Bonchev–Trinajstić information content (AvgIpc) is 2.90. The van der Waals surface area contributed by atoms with E-state index in [2.05, 4.69) is 10.3 Å². The first-order chi connectivity index (χ1) is 10.2. The molecule has 1 fully saturated rings. The monoisotopic (exact) mass is 343 g/mol. The van der Waals surface area contributed by atoms with Gasteiger partial charge in [-0.25, -0.2) is 4.98 Å². The molecule has 1 aliphatic rings. The van der Waals surface area contributed by atoms with E-state index < -0.39 is 4.92 Å². The molecule has 0 amide bonds. The number of ether oxygens (including phenoxy) is 1. The number of nitro benzene ring substituents is 1. The molecule has 0 saturated carbocycles. The lowest BCUT2D eigenvalue weighted by molar-refractivity contribution is -0.384. The Kier molecular flexibility index (Phi) is 5.93. The van der Waals surface area contributed by atoms with E-state index in [9.17, 15) is 10.1 Å². The van der Waals surface area contributed by atoms with Gasteiger partial charge in [0.15, 0.2) is 0 Å². The van der Waals surface area contributed by atoms with E-state index in [0.29, 0.717) is 17.3 Å². The second kappa shape index (κ2) is 7.71. The molecule has 0 aliphatic carbocycles. The molecule has 6 nitrogen and oxygen atoms in total. The summed E-state index contributed by atoms with van der Waals surface area (Å²) in [4.78, 5) is 14.7. The predicted molar refractivity (Wildman–Crippen MR) is 89.2 cm³/mol. The molecular formula is C14H18ClN3O3S. The molecule has 0 atom stereocenters.